The number of nitrogens with zero attached hydrogens (tertiary/aromatic N) is 2. The Morgan fingerprint density at radius 1 is 1.31 bits per heavy atom. The summed E-state index contributed by atoms with van der Waals surface area (Å²) in [5.41, 5.74) is 3.04. The molecular weight excluding hydrogens is 330 g/mol. The molecule has 2 aromatic heterocycles. The largest absolute Gasteiger partial charge is 0.396 e. The van der Waals surface area contributed by atoms with Gasteiger partial charge < -0.3 is 14.9 Å². The molecule has 26 heavy (non-hydrogen) atoms. The van der Waals surface area contributed by atoms with E-state index in [-0.39, 0.29) is 24.5 Å². The van der Waals surface area contributed by atoms with Gasteiger partial charge in [-0.15, -0.1) is 0 Å². The van der Waals surface area contributed by atoms with Crippen molar-refractivity contribution in [2.45, 2.75) is 19.4 Å². The van der Waals surface area contributed by atoms with Crippen LogP contribution in [0.1, 0.15) is 22.5 Å². The van der Waals surface area contributed by atoms with Gasteiger partial charge in [-0.05, 0) is 19.4 Å². The van der Waals surface area contributed by atoms with Crippen LogP contribution in [0, 0.1) is 12.8 Å². The fourth-order valence-electron chi connectivity index (χ4n) is 3.29. The number of fused-ring (bicyclic) bond motifs is 1. The second-order valence-electron chi connectivity index (χ2n) is 6.51. The molecule has 0 saturated carbocycles. The monoisotopic (exact) mass is 349 g/mol. The Labute approximate surface area is 150 Å². The van der Waals surface area contributed by atoms with Gasteiger partial charge in [0.15, 0.2) is 0 Å². The third-order valence-corrected chi connectivity index (χ3v) is 4.65. The molecule has 3 aromatic rings. The average Bonchev–Trinajstić information content (AvgIpc) is 3.28. The van der Waals surface area contributed by atoms with Gasteiger partial charge in [0.05, 0.1) is 22.3 Å². The van der Waals surface area contributed by atoms with Crippen LogP contribution in [0.15, 0.2) is 53.1 Å². The molecule has 2 heterocycles. The number of aliphatic hydroxyl groups excluding tert-OH is 1. The van der Waals surface area contributed by atoms with E-state index in [1.807, 2.05) is 42.5 Å². The van der Waals surface area contributed by atoms with Crippen LogP contribution in [0.3, 0.4) is 0 Å². The lowest BCUT2D eigenvalue weighted by atomic mass is 10.0. The summed E-state index contributed by atoms with van der Waals surface area (Å²) < 4.78 is 5.32. The lowest BCUT2D eigenvalue weighted by Crippen LogP contribution is -2.33. The van der Waals surface area contributed by atoms with Crippen molar-refractivity contribution in [2.24, 2.45) is 5.92 Å². The van der Waals surface area contributed by atoms with Crippen molar-refractivity contribution in [3.8, 4) is 11.3 Å². The minimum absolute atomic E-state index is 0.0886. The second-order valence-corrected chi connectivity index (χ2v) is 6.51. The number of nitrogens with one attached hydrogen (secondary N) is 1. The molecule has 0 bridgehead atoms. The number of amides is 1. The van der Waals surface area contributed by atoms with Gasteiger partial charge in [-0.25, -0.2) is 4.98 Å². The number of aliphatic hydroxyl groups is 1. The quantitative estimate of drug-likeness (QED) is 0.707. The van der Waals surface area contributed by atoms with E-state index in [0.717, 1.165) is 5.56 Å². The van der Waals surface area contributed by atoms with Crippen LogP contribution in [-0.2, 0) is 0 Å². The Morgan fingerprint density at radius 3 is 2.85 bits per heavy atom. The van der Waals surface area contributed by atoms with E-state index in [2.05, 4.69) is 15.5 Å². The molecule has 0 aliphatic heterocycles. The molecule has 6 nitrogen and oxygen atoms in total. The van der Waals surface area contributed by atoms with Crippen molar-refractivity contribution >= 4 is 17.0 Å². The first kappa shape index (κ1) is 16.5. The highest BCUT2D eigenvalue weighted by Crippen LogP contribution is 2.27. The van der Waals surface area contributed by atoms with Crippen LogP contribution < -0.4 is 5.32 Å². The number of aryl methyl sites for hydroxylation is 1. The van der Waals surface area contributed by atoms with Gasteiger partial charge in [0.2, 0.25) is 0 Å². The summed E-state index contributed by atoms with van der Waals surface area (Å²) in [6.45, 7) is 1.88. The minimum Gasteiger partial charge on any atom is -0.396 e. The summed E-state index contributed by atoms with van der Waals surface area (Å²) in [4.78, 5) is 17.4. The molecule has 132 valence electrons. The van der Waals surface area contributed by atoms with Gasteiger partial charge in [-0.1, -0.05) is 47.6 Å². The van der Waals surface area contributed by atoms with E-state index < -0.39 is 0 Å². The van der Waals surface area contributed by atoms with E-state index in [1.54, 1.807) is 13.0 Å². The highest BCUT2D eigenvalue weighted by atomic mass is 16.5. The molecule has 1 amide bonds. The van der Waals surface area contributed by atoms with Crippen LogP contribution in [0.5, 0.6) is 0 Å². The van der Waals surface area contributed by atoms with Crippen molar-refractivity contribution in [1.29, 1.82) is 0 Å². The van der Waals surface area contributed by atoms with Crippen molar-refractivity contribution in [3.05, 3.63) is 59.8 Å². The third kappa shape index (κ3) is 2.99. The molecule has 6 heteroatoms. The first-order valence-corrected chi connectivity index (χ1v) is 8.58. The molecular formula is C20H19N3O3. The van der Waals surface area contributed by atoms with Crippen LogP contribution in [0.4, 0.5) is 0 Å². The zero-order valence-corrected chi connectivity index (χ0v) is 14.3. The molecule has 2 atom stereocenters. The maximum Gasteiger partial charge on any atom is 0.259 e. The maximum atomic E-state index is 12.9. The fraction of sp³-hybridized carbons (Fsp3) is 0.250. The summed E-state index contributed by atoms with van der Waals surface area (Å²) in [6, 6.07) is 11.3. The lowest BCUT2D eigenvalue weighted by molar-refractivity contribution is 0.0942. The first-order valence-electron chi connectivity index (χ1n) is 8.58. The Morgan fingerprint density at radius 2 is 2.12 bits per heavy atom. The summed E-state index contributed by atoms with van der Waals surface area (Å²) in [6.07, 6.45) is 4.56. The summed E-state index contributed by atoms with van der Waals surface area (Å²) in [5, 5.41) is 16.9. The molecule has 0 fully saturated rings. The molecule has 0 spiro atoms. The number of hydrogen-bond donors (Lipinski definition) is 2. The average molecular weight is 349 g/mol. The van der Waals surface area contributed by atoms with E-state index in [1.165, 1.54) is 0 Å². The topological polar surface area (TPSA) is 88.2 Å². The van der Waals surface area contributed by atoms with E-state index in [9.17, 15) is 9.90 Å². The normalized spacial score (nSPS) is 19.2. The molecule has 1 aliphatic carbocycles. The summed E-state index contributed by atoms with van der Waals surface area (Å²) in [5.74, 6) is -0.107. The standard InChI is InChI=1S/C20H19N3O3/c1-12-18-16(19(25)21-15-8-7-13(9-15)11-24)10-17(22-20(18)26-23-12)14-5-3-2-4-6-14/h2-8,10,13,15,24H,9,11H2,1H3,(H,21,25)/t13-,15+/m0/s1. The minimum atomic E-state index is -0.200. The zero-order chi connectivity index (χ0) is 18.1. The van der Waals surface area contributed by atoms with Gasteiger partial charge in [0.25, 0.3) is 11.6 Å². The molecule has 1 aromatic carbocycles. The number of rotatable bonds is 4. The number of aromatic nitrogens is 2. The van der Waals surface area contributed by atoms with Crippen molar-refractivity contribution < 1.29 is 14.4 Å². The SMILES string of the molecule is Cc1noc2nc(-c3ccccc3)cc(C(=O)N[C@@H]3C=C[C@H](CO)C3)c12. The third-order valence-electron chi connectivity index (χ3n) is 4.65. The maximum absolute atomic E-state index is 12.9. The molecule has 2 N–H and O–H groups in total. The van der Waals surface area contributed by atoms with E-state index in [0.29, 0.717) is 34.5 Å². The van der Waals surface area contributed by atoms with Crippen LogP contribution in [0.2, 0.25) is 0 Å². The Kier molecular flexibility index (Phi) is 4.26. The lowest BCUT2D eigenvalue weighted by Gasteiger charge is -2.14. The van der Waals surface area contributed by atoms with Gasteiger partial charge in [-0.3, -0.25) is 4.79 Å². The fourth-order valence-corrected chi connectivity index (χ4v) is 3.29. The molecule has 0 unspecified atom stereocenters. The second kappa shape index (κ2) is 6.72. The van der Waals surface area contributed by atoms with Crippen molar-refractivity contribution in [2.75, 3.05) is 6.61 Å². The summed E-state index contributed by atoms with van der Waals surface area (Å²) in [7, 11) is 0. The molecule has 4 rings (SSSR count). The van der Waals surface area contributed by atoms with Crippen LogP contribution >= 0.6 is 0 Å². The van der Waals surface area contributed by atoms with Gasteiger partial charge in [0.1, 0.15) is 0 Å². The number of benzene rings is 1. The number of pyridine rings is 1. The molecule has 0 saturated heterocycles. The zero-order valence-electron chi connectivity index (χ0n) is 14.3. The van der Waals surface area contributed by atoms with Crippen LogP contribution in [0.25, 0.3) is 22.4 Å². The Hall–Kier alpha value is -2.99. The predicted octanol–water partition coefficient (Wildman–Crippen LogP) is 2.87. The highest BCUT2D eigenvalue weighted by molar-refractivity contribution is 6.07. The highest BCUT2D eigenvalue weighted by Gasteiger charge is 2.24. The van der Waals surface area contributed by atoms with Gasteiger partial charge in [-0.2, -0.15) is 0 Å². The molecule has 1 aliphatic rings. The van der Waals surface area contributed by atoms with E-state index >= 15 is 0 Å². The van der Waals surface area contributed by atoms with Gasteiger partial charge >= 0.3 is 0 Å². The smallest absolute Gasteiger partial charge is 0.259 e. The number of carbonyl (C=O) groups is 1. The number of carbonyl (C=O) groups excluding carboxylic acids is 1. The Balaban J connectivity index is 1.72. The van der Waals surface area contributed by atoms with Crippen molar-refractivity contribution in [1.82, 2.24) is 15.5 Å². The summed E-state index contributed by atoms with van der Waals surface area (Å²) >= 11 is 0. The van der Waals surface area contributed by atoms with Crippen molar-refractivity contribution in [3.63, 3.8) is 0 Å². The predicted molar refractivity (Wildman–Crippen MR) is 97.6 cm³/mol. The van der Waals surface area contributed by atoms with Gasteiger partial charge in [0, 0.05) is 24.1 Å². The first-order chi connectivity index (χ1) is 12.7. The van der Waals surface area contributed by atoms with Crippen LogP contribution in [-0.4, -0.2) is 33.8 Å². The van der Waals surface area contributed by atoms with E-state index in [4.69, 9.17) is 4.52 Å². The Bertz CT molecular complexity index is 979. The number of hydrogen-bond acceptors (Lipinski definition) is 5. The molecule has 0 radical (unpaired) electrons.